The molecular formula is C22H25F3N4O4. The number of hydrogen-bond donors (Lipinski definition) is 1. The number of likely N-dealkylation sites (tertiary alicyclic amines) is 1. The van der Waals surface area contributed by atoms with E-state index >= 15 is 0 Å². The summed E-state index contributed by atoms with van der Waals surface area (Å²) in [5.74, 6) is 0.0185. The Hall–Kier alpha value is -3.24. The van der Waals surface area contributed by atoms with Crippen LogP contribution in [0.3, 0.4) is 0 Å². The zero-order chi connectivity index (χ0) is 23.6. The standard InChI is InChI=1S/C22H25F3N4O4/c1-14(30)28-9-3-5-17(13-28)29(16-7-8-16)21(31)26-12-19-11-20(27-33-19)15-4-2-6-18(10-15)32-22(23,24)25/h2,4,6,10-11,16-17H,3,5,7-9,12-13H2,1H3,(H,26,31)/t17-/m1/s1. The molecule has 1 saturated heterocycles. The van der Waals surface area contributed by atoms with E-state index in [-0.39, 0.29) is 36.3 Å². The van der Waals surface area contributed by atoms with Gasteiger partial charge in [-0.2, -0.15) is 0 Å². The molecular weight excluding hydrogens is 441 g/mol. The number of urea groups is 1. The van der Waals surface area contributed by atoms with Crippen LogP contribution >= 0.6 is 0 Å². The van der Waals surface area contributed by atoms with Gasteiger partial charge in [0.2, 0.25) is 5.91 Å². The molecule has 178 valence electrons. The minimum absolute atomic E-state index is 0.00903. The van der Waals surface area contributed by atoms with E-state index in [0.29, 0.717) is 30.1 Å². The Bertz CT molecular complexity index is 1010. The monoisotopic (exact) mass is 466 g/mol. The predicted octanol–water partition coefficient (Wildman–Crippen LogP) is 3.93. The lowest BCUT2D eigenvalue weighted by Crippen LogP contribution is -2.54. The average molecular weight is 466 g/mol. The number of rotatable bonds is 6. The van der Waals surface area contributed by atoms with Gasteiger partial charge in [-0.15, -0.1) is 13.2 Å². The third kappa shape index (κ3) is 5.96. The van der Waals surface area contributed by atoms with E-state index in [2.05, 4.69) is 15.2 Å². The first-order valence-electron chi connectivity index (χ1n) is 10.8. The minimum atomic E-state index is -4.79. The van der Waals surface area contributed by atoms with Crippen molar-refractivity contribution in [1.82, 2.24) is 20.3 Å². The van der Waals surface area contributed by atoms with Gasteiger partial charge in [-0.25, -0.2) is 4.79 Å². The largest absolute Gasteiger partial charge is 0.573 e. The molecule has 1 aromatic carbocycles. The molecule has 1 atom stereocenters. The Kier molecular flexibility index (Phi) is 6.48. The molecule has 1 aliphatic carbocycles. The molecule has 2 aliphatic rings. The molecule has 0 radical (unpaired) electrons. The molecule has 1 N–H and O–H groups in total. The number of amides is 3. The highest BCUT2D eigenvalue weighted by Crippen LogP contribution is 2.32. The summed E-state index contributed by atoms with van der Waals surface area (Å²) < 4.78 is 46.6. The quantitative estimate of drug-likeness (QED) is 0.697. The number of benzene rings is 1. The van der Waals surface area contributed by atoms with Crippen LogP contribution in [0.25, 0.3) is 11.3 Å². The smallest absolute Gasteiger partial charge is 0.406 e. The molecule has 8 nitrogen and oxygen atoms in total. The highest BCUT2D eigenvalue weighted by Gasteiger charge is 2.39. The zero-order valence-electron chi connectivity index (χ0n) is 18.1. The number of halogens is 3. The van der Waals surface area contributed by atoms with Crippen LogP contribution in [-0.2, 0) is 11.3 Å². The molecule has 0 bridgehead atoms. The molecule has 1 aliphatic heterocycles. The van der Waals surface area contributed by atoms with Crippen molar-refractivity contribution in [1.29, 1.82) is 0 Å². The van der Waals surface area contributed by atoms with E-state index in [1.54, 1.807) is 17.0 Å². The Morgan fingerprint density at radius 2 is 2.03 bits per heavy atom. The van der Waals surface area contributed by atoms with Gasteiger partial charge in [0.25, 0.3) is 0 Å². The lowest BCUT2D eigenvalue weighted by molar-refractivity contribution is -0.274. The first-order chi connectivity index (χ1) is 15.7. The van der Waals surface area contributed by atoms with E-state index in [0.717, 1.165) is 25.7 Å². The summed E-state index contributed by atoms with van der Waals surface area (Å²) in [6.07, 6.45) is -1.22. The van der Waals surface area contributed by atoms with Gasteiger partial charge >= 0.3 is 12.4 Å². The van der Waals surface area contributed by atoms with Gasteiger partial charge in [0.15, 0.2) is 5.76 Å². The van der Waals surface area contributed by atoms with E-state index in [1.807, 2.05) is 4.90 Å². The molecule has 2 heterocycles. The second-order valence-electron chi connectivity index (χ2n) is 8.31. The summed E-state index contributed by atoms with van der Waals surface area (Å²) in [5.41, 5.74) is 0.722. The van der Waals surface area contributed by atoms with E-state index in [9.17, 15) is 22.8 Å². The Morgan fingerprint density at radius 1 is 1.24 bits per heavy atom. The number of piperidine rings is 1. The number of nitrogens with zero attached hydrogens (tertiary/aromatic N) is 3. The second kappa shape index (κ2) is 9.32. The average Bonchev–Trinajstić information content (AvgIpc) is 3.47. The van der Waals surface area contributed by atoms with Crippen molar-refractivity contribution in [2.24, 2.45) is 0 Å². The fraction of sp³-hybridized carbons (Fsp3) is 0.500. The highest BCUT2D eigenvalue weighted by molar-refractivity contribution is 5.76. The lowest BCUT2D eigenvalue weighted by Gasteiger charge is -2.39. The molecule has 0 spiro atoms. The number of hydrogen-bond acceptors (Lipinski definition) is 5. The molecule has 1 saturated carbocycles. The molecule has 1 aromatic heterocycles. The number of carbonyl (C=O) groups is 2. The van der Waals surface area contributed by atoms with Crippen LogP contribution in [0.5, 0.6) is 5.75 Å². The van der Waals surface area contributed by atoms with Gasteiger partial charge in [-0.1, -0.05) is 17.3 Å². The topological polar surface area (TPSA) is 87.9 Å². The summed E-state index contributed by atoms with van der Waals surface area (Å²) in [6, 6.07) is 6.89. The third-order valence-electron chi connectivity index (χ3n) is 5.75. The van der Waals surface area contributed by atoms with Crippen molar-refractivity contribution in [2.75, 3.05) is 13.1 Å². The van der Waals surface area contributed by atoms with E-state index in [4.69, 9.17) is 4.52 Å². The van der Waals surface area contributed by atoms with Crippen molar-refractivity contribution >= 4 is 11.9 Å². The molecule has 4 rings (SSSR count). The van der Waals surface area contributed by atoms with Crippen LogP contribution in [0.4, 0.5) is 18.0 Å². The van der Waals surface area contributed by atoms with Crippen LogP contribution < -0.4 is 10.1 Å². The summed E-state index contributed by atoms with van der Waals surface area (Å²) in [5, 5.41) is 6.74. The fourth-order valence-corrected chi connectivity index (χ4v) is 4.09. The summed E-state index contributed by atoms with van der Waals surface area (Å²) in [7, 11) is 0. The van der Waals surface area contributed by atoms with Crippen molar-refractivity contribution < 1.29 is 32.0 Å². The van der Waals surface area contributed by atoms with Crippen LogP contribution in [-0.4, -0.2) is 58.4 Å². The number of aromatic nitrogens is 1. The molecule has 2 fully saturated rings. The number of ether oxygens (including phenoxy) is 1. The van der Waals surface area contributed by atoms with Gasteiger partial charge in [0.05, 0.1) is 12.6 Å². The third-order valence-corrected chi connectivity index (χ3v) is 5.75. The lowest BCUT2D eigenvalue weighted by atomic mass is 10.0. The number of carbonyl (C=O) groups excluding carboxylic acids is 2. The summed E-state index contributed by atoms with van der Waals surface area (Å²) >= 11 is 0. The summed E-state index contributed by atoms with van der Waals surface area (Å²) in [4.78, 5) is 28.3. The predicted molar refractivity (Wildman–Crippen MR) is 111 cm³/mol. The van der Waals surface area contributed by atoms with Crippen molar-refractivity contribution in [2.45, 2.75) is 57.6 Å². The maximum Gasteiger partial charge on any atom is 0.573 e. The minimum Gasteiger partial charge on any atom is -0.406 e. The SMILES string of the molecule is CC(=O)N1CCC[C@@H](N(C(=O)NCc2cc(-c3cccc(OC(F)(F)F)c3)no2)C2CC2)C1. The Balaban J connectivity index is 1.38. The molecule has 3 amide bonds. The molecule has 33 heavy (non-hydrogen) atoms. The Labute approximate surface area is 188 Å². The van der Waals surface area contributed by atoms with Crippen molar-refractivity contribution in [3.05, 3.63) is 36.1 Å². The first-order valence-corrected chi connectivity index (χ1v) is 10.8. The van der Waals surface area contributed by atoms with Crippen LogP contribution in [0, 0.1) is 0 Å². The fourth-order valence-electron chi connectivity index (χ4n) is 4.09. The maximum atomic E-state index is 13.0. The second-order valence-corrected chi connectivity index (χ2v) is 8.31. The van der Waals surface area contributed by atoms with Crippen LogP contribution in [0.1, 0.15) is 38.4 Å². The zero-order valence-corrected chi connectivity index (χ0v) is 18.1. The molecule has 11 heteroatoms. The Morgan fingerprint density at radius 3 is 2.73 bits per heavy atom. The van der Waals surface area contributed by atoms with E-state index < -0.39 is 6.36 Å². The first kappa shape index (κ1) is 22.9. The van der Waals surface area contributed by atoms with Crippen LogP contribution in [0.2, 0.25) is 0 Å². The van der Waals surface area contributed by atoms with Gasteiger partial charge in [0, 0.05) is 37.7 Å². The summed E-state index contributed by atoms with van der Waals surface area (Å²) in [6.45, 7) is 2.86. The van der Waals surface area contributed by atoms with Crippen molar-refractivity contribution in [3.63, 3.8) is 0 Å². The van der Waals surface area contributed by atoms with Gasteiger partial charge < -0.3 is 24.4 Å². The van der Waals surface area contributed by atoms with Crippen LogP contribution in [0.15, 0.2) is 34.9 Å². The number of alkyl halides is 3. The highest BCUT2D eigenvalue weighted by atomic mass is 19.4. The van der Waals surface area contributed by atoms with Crippen molar-refractivity contribution in [3.8, 4) is 17.0 Å². The molecule has 0 unspecified atom stereocenters. The molecule has 2 aromatic rings. The van der Waals surface area contributed by atoms with E-state index in [1.165, 1.54) is 25.1 Å². The normalized spacial score (nSPS) is 18.7. The maximum absolute atomic E-state index is 13.0. The van der Waals surface area contributed by atoms with Gasteiger partial charge in [-0.3, -0.25) is 4.79 Å². The number of nitrogens with one attached hydrogen (secondary N) is 1. The van der Waals surface area contributed by atoms with Gasteiger partial charge in [0.1, 0.15) is 11.4 Å². The van der Waals surface area contributed by atoms with Gasteiger partial charge in [-0.05, 0) is 37.8 Å².